The van der Waals surface area contributed by atoms with Gasteiger partial charge < -0.3 is 10.2 Å². The first kappa shape index (κ1) is 17.2. The predicted octanol–water partition coefficient (Wildman–Crippen LogP) is 3.06. The van der Waals surface area contributed by atoms with E-state index in [1.165, 1.54) is 4.90 Å². The molecule has 1 fully saturated rings. The van der Waals surface area contributed by atoms with Crippen molar-refractivity contribution in [2.24, 2.45) is 0 Å². The first-order valence-corrected chi connectivity index (χ1v) is 8.64. The van der Waals surface area contributed by atoms with Crippen molar-refractivity contribution in [2.75, 3.05) is 13.1 Å². The summed E-state index contributed by atoms with van der Waals surface area (Å²) in [4.78, 5) is 26.6. The van der Waals surface area contributed by atoms with E-state index >= 15 is 0 Å². The largest absolute Gasteiger partial charge is 0.343 e. The topological polar surface area (TPSA) is 73.2 Å². The molecule has 1 aliphatic rings. The van der Waals surface area contributed by atoms with Gasteiger partial charge in [0.2, 0.25) is 5.91 Å². The molecule has 1 heterocycles. The molecule has 7 heteroatoms. The first-order valence-electron chi connectivity index (χ1n) is 7.92. The van der Waals surface area contributed by atoms with E-state index in [-0.39, 0.29) is 24.6 Å². The summed E-state index contributed by atoms with van der Waals surface area (Å²) in [6.07, 6.45) is 1.47. The maximum absolute atomic E-state index is 12.8. The standard InChI is InChI=1S/C18H16FN3O2S/c19-25-14-7-6-12-3-1-5-15(16(12)9-14)18(24)21-11-17(23)22-8-2-4-13(22)10-20/h1,3,5-7,9,13H,2,4,8,11H2,(H,21,24)/t13-/m0/s1. The maximum atomic E-state index is 12.8. The van der Waals surface area contributed by atoms with Crippen LogP contribution in [0.4, 0.5) is 3.89 Å². The Bertz CT molecular complexity index is 865. The van der Waals surface area contributed by atoms with Crippen LogP contribution in [0.15, 0.2) is 41.3 Å². The number of amides is 2. The molecule has 0 spiro atoms. The van der Waals surface area contributed by atoms with Gasteiger partial charge in [0, 0.05) is 17.0 Å². The van der Waals surface area contributed by atoms with E-state index in [0.717, 1.165) is 11.8 Å². The van der Waals surface area contributed by atoms with Crippen LogP contribution in [0.3, 0.4) is 0 Å². The highest BCUT2D eigenvalue weighted by atomic mass is 32.2. The Morgan fingerprint density at radius 2 is 2.20 bits per heavy atom. The molecule has 1 N–H and O–H groups in total. The third-order valence-electron chi connectivity index (χ3n) is 4.31. The predicted molar refractivity (Wildman–Crippen MR) is 93.6 cm³/mol. The number of nitriles is 1. The van der Waals surface area contributed by atoms with E-state index in [2.05, 4.69) is 11.4 Å². The molecule has 1 saturated heterocycles. The van der Waals surface area contributed by atoms with Gasteiger partial charge in [-0.2, -0.15) is 9.15 Å². The molecule has 3 rings (SSSR count). The minimum atomic E-state index is -0.411. The molecular weight excluding hydrogens is 341 g/mol. The summed E-state index contributed by atoms with van der Waals surface area (Å²) in [7, 11) is 0. The minimum absolute atomic E-state index is 0.119. The van der Waals surface area contributed by atoms with E-state index in [0.29, 0.717) is 28.8 Å². The summed E-state index contributed by atoms with van der Waals surface area (Å²) >= 11 is 0.119. The van der Waals surface area contributed by atoms with Crippen LogP contribution in [-0.2, 0) is 4.79 Å². The quantitative estimate of drug-likeness (QED) is 0.913. The molecule has 1 atom stereocenters. The number of benzene rings is 2. The number of halogens is 1. The van der Waals surface area contributed by atoms with Crippen molar-refractivity contribution in [1.29, 1.82) is 5.26 Å². The fourth-order valence-corrected chi connectivity index (χ4v) is 3.33. The zero-order valence-corrected chi connectivity index (χ0v) is 14.2. The van der Waals surface area contributed by atoms with Crippen molar-refractivity contribution in [3.05, 3.63) is 42.0 Å². The van der Waals surface area contributed by atoms with Crippen molar-refractivity contribution in [2.45, 2.75) is 23.8 Å². The van der Waals surface area contributed by atoms with Gasteiger partial charge in [-0.3, -0.25) is 9.59 Å². The van der Waals surface area contributed by atoms with Crippen LogP contribution in [0.1, 0.15) is 23.2 Å². The van der Waals surface area contributed by atoms with Crippen molar-refractivity contribution in [3.63, 3.8) is 0 Å². The Balaban J connectivity index is 1.74. The van der Waals surface area contributed by atoms with Crippen LogP contribution in [-0.4, -0.2) is 35.8 Å². The Morgan fingerprint density at radius 1 is 1.36 bits per heavy atom. The lowest BCUT2D eigenvalue weighted by atomic mass is 10.0. The zero-order valence-electron chi connectivity index (χ0n) is 13.4. The number of rotatable bonds is 4. The number of carbonyl (C=O) groups excluding carboxylic acids is 2. The average molecular weight is 357 g/mol. The van der Waals surface area contributed by atoms with E-state index in [9.17, 15) is 13.5 Å². The lowest BCUT2D eigenvalue weighted by Gasteiger charge is -2.19. The highest BCUT2D eigenvalue weighted by Gasteiger charge is 2.28. The third-order valence-corrected chi connectivity index (χ3v) is 4.74. The number of nitrogens with one attached hydrogen (secondary N) is 1. The number of fused-ring (bicyclic) bond motifs is 1. The summed E-state index contributed by atoms with van der Waals surface area (Å²) in [5.41, 5.74) is 0.388. The van der Waals surface area contributed by atoms with Crippen molar-refractivity contribution < 1.29 is 13.5 Å². The molecule has 25 heavy (non-hydrogen) atoms. The molecule has 128 valence electrons. The van der Waals surface area contributed by atoms with Crippen LogP contribution in [0, 0.1) is 11.3 Å². The monoisotopic (exact) mass is 357 g/mol. The van der Waals surface area contributed by atoms with Gasteiger partial charge in [0.25, 0.3) is 5.91 Å². The summed E-state index contributed by atoms with van der Waals surface area (Å²) in [5.74, 6) is -0.662. The van der Waals surface area contributed by atoms with Gasteiger partial charge in [0.1, 0.15) is 6.04 Å². The van der Waals surface area contributed by atoms with Gasteiger partial charge in [-0.05, 0) is 41.8 Å². The third kappa shape index (κ3) is 3.59. The van der Waals surface area contributed by atoms with Gasteiger partial charge in [-0.1, -0.05) is 18.2 Å². The molecule has 0 bridgehead atoms. The maximum Gasteiger partial charge on any atom is 0.252 e. The van der Waals surface area contributed by atoms with Crippen molar-refractivity contribution in [3.8, 4) is 6.07 Å². The smallest absolute Gasteiger partial charge is 0.252 e. The zero-order chi connectivity index (χ0) is 17.8. The van der Waals surface area contributed by atoms with Crippen LogP contribution in [0.25, 0.3) is 10.8 Å². The second-order valence-corrected chi connectivity index (χ2v) is 6.45. The van der Waals surface area contributed by atoms with E-state index in [4.69, 9.17) is 5.26 Å². The first-order chi connectivity index (χ1) is 12.1. The fourth-order valence-electron chi connectivity index (χ4n) is 3.05. The minimum Gasteiger partial charge on any atom is -0.343 e. The molecule has 0 aliphatic carbocycles. The second kappa shape index (κ2) is 7.53. The van der Waals surface area contributed by atoms with E-state index < -0.39 is 11.9 Å². The highest BCUT2D eigenvalue weighted by Crippen LogP contribution is 2.26. The van der Waals surface area contributed by atoms with Gasteiger partial charge in [0.15, 0.2) is 0 Å². The van der Waals surface area contributed by atoms with Crippen LogP contribution in [0.5, 0.6) is 0 Å². The van der Waals surface area contributed by atoms with Crippen LogP contribution >= 0.6 is 12.1 Å². The van der Waals surface area contributed by atoms with Crippen molar-refractivity contribution in [1.82, 2.24) is 10.2 Å². The molecule has 2 aromatic carbocycles. The second-order valence-electron chi connectivity index (χ2n) is 5.82. The fraction of sp³-hybridized carbons (Fsp3) is 0.278. The normalized spacial score (nSPS) is 16.6. The molecule has 2 amide bonds. The molecule has 0 saturated carbocycles. The van der Waals surface area contributed by atoms with E-state index in [1.807, 2.05) is 6.07 Å². The molecular formula is C18H16FN3O2S. The van der Waals surface area contributed by atoms with Crippen molar-refractivity contribution >= 4 is 34.7 Å². The lowest BCUT2D eigenvalue weighted by molar-refractivity contribution is -0.130. The molecule has 5 nitrogen and oxygen atoms in total. The Morgan fingerprint density at radius 3 is 2.96 bits per heavy atom. The Labute approximate surface area is 149 Å². The van der Waals surface area contributed by atoms with Gasteiger partial charge in [0.05, 0.1) is 24.8 Å². The molecule has 1 aliphatic heterocycles. The van der Waals surface area contributed by atoms with Gasteiger partial charge in [-0.25, -0.2) is 0 Å². The Kier molecular flexibility index (Phi) is 5.19. The average Bonchev–Trinajstić information content (AvgIpc) is 3.13. The van der Waals surface area contributed by atoms with Crippen LogP contribution < -0.4 is 5.32 Å². The summed E-state index contributed by atoms with van der Waals surface area (Å²) in [5, 5.41) is 13.1. The highest BCUT2D eigenvalue weighted by molar-refractivity contribution is 7.94. The Hall–Kier alpha value is -2.59. The molecule has 2 aromatic rings. The van der Waals surface area contributed by atoms with Crippen LogP contribution in [0.2, 0.25) is 0 Å². The summed E-state index contributed by atoms with van der Waals surface area (Å²) < 4.78 is 12.8. The van der Waals surface area contributed by atoms with E-state index in [1.54, 1.807) is 30.3 Å². The number of hydrogen-bond donors (Lipinski definition) is 1. The summed E-state index contributed by atoms with van der Waals surface area (Å²) in [6.45, 7) is 0.378. The SMILES string of the molecule is N#C[C@@H]1CCCN1C(=O)CNC(=O)c1cccc2ccc(SF)cc12. The van der Waals surface area contributed by atoms with Gasteiger partial charge >= 0.3 is 0 Å². The number of hydrogen-bond acceptors (Lipinski definition) is 4. The summed E-state index contributed by atoms with van der Waals surface area (Å²) in [6, 6.07) is 11.9. The van der Waals surface area contributed by atoms with Gasteiger partial charge in [-0.15, -0.1) is 0 Å². The number of likely N-dealkylation sites (tertiary alicyclic amines) is 1. The number of carbonyl (C=O) groups is 2. The molecule has 0 aromatic heterocycles. The molecule has 0 unspecified atom stereocenters. The lowest BCUT2D eigenvalue weighted by Crippen LogP contribution is -2.42. The number of nitrogens with zero attached hydrogens (tertiary/aromatic N) is 2. The molecule has 0 radical (unpaired) electrons.